The molecule has 0 spiro atoms. The second-order valence-corrected chi connectivity index (χ2v) is 7.54. The number of ether oxygens (including phenoxy) is 1. The third-order valence-corrected chi connectivity index (χ3v) is 5.23. The second kappa shape index (κ2) is 7.76. The van der Waals surface area contributed by atoms with Crippen LogP contribution in [0.4, 0.5) is 4.39 Å². The van der Waals surface area contributed by atoms with Crippen molar-refractivity contribution in [2.75, 3.05) is 13.1 Å². The smallest absolute Gasteiger partial charge is 0.255 e. The lowest BCUT2D eigenvalue weighted by atomic mass is 10.1. The molecular formula is C22H20ClFN2O2. The Morgan fingerprint density at radius 2 is 1.89 bits per heavy atom. The predicted molar refractivity (Wildman–Crippen MR) is 107 cm³/mol. The molecule has 4 rings (SSSR count). The summed E-state index contributed by atoms with van der Waals surface area (Å²) in [6.07, 6.45) is 3.03. The van der Waals surface area contributed by atoms with Gasteiger partial charge in [-0.25, -0.2) is 4.39 Å². The summed E-state index contributed by atoms with van der Waals surface area (Å²) in [7, 11) is 0. The van der Waals surface area contributed by atoms with Crippen LogP contribution in [0.15, 0.2) is 48.7 Å². The minimum atomic E-state index is -0.367. The van der Waals surface area contributed by atoms with Gasteiger partial charge in [0, 0.05) is 42.5 Å². The van der Waals surface area contributed by atoms with E-state index in [9.17, 15) is 9.18 Å². The van der Waals surface area contributed by atoms with E-state index in [2.05, 4.69) is 4.98 Å². The van der Waals surface area contributed by atoms with Gasteiger partial charge in [-0.15, -0.1) is 0 Å². The number of piperidine rings is 1. The van der Waals surface area contributed by atoms with E-state index in [-0.39, 0.29) is 23.3 Å². The van der Waals surface area contributed by atoms with Gasteiger partial charge in [-0.05, 0) is 55.0 Å². The van der Waals surface area contributed by atoms with E-state index in [0.717, 1.165) is 24.2 Å². The first-order chi connectivity index (χ1) is 13.5. The van der Waals surface area contributed by atoms with Crippen molar-refractivity contribution in [2.45, 2.75) is 25.9 Å². The number of fused-ring (bicyclic) bond motifs is 1. The van der Waals surface area contributed by atoms with Gasteiger partial charge in [0.15, 0.2) is 0 Å². The Hall–Kier alpha value is -2.66. The average Bonchev–Trinajstić information content (AvgIpc) is 2.69. The molecular weight excluding hydrogens is 379 g/mol. The van der Waals surface area contributed by atoms with Crippen molar-refractivity contribution >= 4 is 28.4 Å². The summed E-state index contributed by atoms with van der Waals surface area (Å²) in [6, 6.07) is 12.3. The van der Waals surface area contributed by atoms with Crippen LogP contribution in [0.2, 0.25) is 5.02 Å². The number of rotatable bonds is 3. The minimum absolute atomic E-state index is 0.0664. The highest BCUT2D eigenvalue weighted by atomic mass is 35.5. The largest absolute Gasteiger partial charge is 0.490 e. The fourth-order valence-electron chi connectivity index (χ4n) is 3.53. The summed E-state index contributed by atoms with van der Waals surface area (Å²) in [5.74, 6) is 0.334. The second-order valence-electron chi connectivity index (χ2n) is 7.11. The molecule has 0 saturated carbocycles. The van der Waals surface area contributed by atoms with Gasteiger partial charge in [0.05, 0.1) is 5.56 Å². The SMILES string of the molecule is Cc1cc(F)c2ncc(C(=O)N3CCC(Oc4ccc(Cl)cc4)CC3)cc2c1. The van der Waals surface area contributed by atoms with Gasteiger partial charge in [0.1, 0.15) is 23.2 Å². The summed E-state index contributed by atoms with van der Waals surface area (Å²) >= 11 is 5.89. The van der Waals surface area contributed by atoms with Gasteiger partial charge in [-0.2, -0.15) is 0 Å². The van der Waals surface area contributed by atoms with E-state index in [4.69, 9.17) is 16.3 Å². The topological polar surface area (TPSA) is 42.4 Å². The quantitative estimate of drug-likeness (QED) is 0.622. The number of nitrogens with zero attached hydrogens (tertiary/aromatic N) is 2. The number of benzene rings is 2. The lowest BCUT2D eigenvalue weighted by Crippen LogP contribution is -2.41. The fourth-order valence-corrected chi connectivity index (χ4v) is 3.65. The highest BCUT2D eigenvalue weighted by Crippen LogP contribution is 2.23. The van der Waals surface area contributed by atoms with Gasteiger partial charge >= 0.3 is 0 Å². The van der Waals surface area contributed by atoms with Crippen molar-refractivity contribution in [1.82, 2.24) is 9.88 Å². The van der Waals surface area contributed by atoms with Gasteiger partial charge in [-0.3, -0.25) is 9.78 Å². The zero-order chi connectivity index (χ0) is 19.7. The van der Waals surface area contributed by atoms with Crippen molar-refractivity contribution in [1.29, 1.82) is 0 Å². The first-order valence-electron chi connectivity index (χ1n) is 9.27. The molecule has 144 valence electrons. The molecule has 1 aromatic heterocycles. The van der Waals surface area contributed by atoms with Crippen LogP contribution >= 0.6 is 11.6 Å². The van der Waals surface area contributed by atoms with Crippen LogP contribution < -0.4 is 4.74 Å². The molecule has 2 aromatic carbocycles. The maximum atomic E-state index is 14.0. The number of carbonyl (C=O) groups is 1. The number of halogens is 2. The molecule has 0 N–H and O–H groups in total. The highest BCUT2D eigenvalue weighted by molar-refractivity contribution is 6.30. The number of hydrogen-bond donors (Lipinski definition) is 0. The first kappa shape index (κ1) is 18.7. The van der Waals surface area contributed by atoms with Gasteiger partial charge in [0.25, 0.3) is 5.91 Å². The Balaban J connectivity index is 1.42. The maximum absolute atomic E-state index is 14.0. The number of amides is 1. The molecule has 0 unspecified atom stereocenters. The Morgan fingerprint density at radius 1 is 1.18 bits per heavy atom. The Kier molecular flexibility index (Phi) is 5.18. The first-order valence-corrected chi connectivity index (χ1v) is 9.65. The molecule has 0 radical (unpaired) electrons. The Morgan fingerprint density at radius 3 is 2.61 bits per heavy atom. The van der Waals surface area contributed by atoms with Gasteiger partial charge in [0.2, 0.25) is 0 Å². The molecule has 1 aliphatic heterocycles. The molecule has 6 heteroatoms. The lowest BCUT2D eigenvalue weighted by Gasteiger charge is -2.32. The van der Waals surface area contributed by atoms with Crippen LogP contribution in [0.3, 0.4) is 0 Å². The fraction of sp³-hybridized carbons (Fsp3) is 0.273. The number of carbonyl (C=O) groups excluding carboxylic acids is 1. The number of hydrogen-bond acceptors (Lipinski definition) is 3. The van der Waals surface area contributed by atoms with E-state index in [1.165, 1.54) is 12.3 Å². The number of aromatic nitrogens is 1. The van der Waals surface area contributed by atoms with Crippen LogP contribution in [0, 0.1) is 12.7 Å². The summed E-state index contributed by atoms with van der Waals surface area (Å²) in [5.41, 5.74) is 1.57. The molecule has 28 heavy (non-hydrogen) atoms. The van der Waals surface area contributed by atoms with E-state index in [0.29, 0.717) is 29.1 Å². The van der Waals surface area contributed by atoms with Crippen molar-refractivity contribution in [3.8, 4) is 5.75 Å². The highest BCUT2D eigenvalue weighted by Gasteiger charge is 2.25. The van der Waals surface area contributed by atoms with Crippen LogP contribution in [0.5, 0.6) is 5.75 Å². The zero-order valence-electron chi connectivity index (χ0n) is 15.5. The van der Waals surface area contributed by atoms with Crippen LogP contribution in [-0.2, 0) is 0 Å². The van der Waals surface area contributed by atoms with Crippen LogP contribution in [-0.4, -0.2) is 35.0 Å². The Bertz CT molecular complexity index is 1010. The molecule has 3 aromatic rings. The van der Waals surface area contributed by atoms with Crippen molar-refractivity contribution in [2.24, 2.45) is 0 Å². The number of aryl methyl sites for hydroxylation is 1. The minimum Gasteiger partial charge on any atom is -0.490 e. The summed E-state index contributed by atoms with van der Waals surface area (Å²) in [6.45, 7) is 3.04. The van der Waals surface area contributed by atoms with E-state index >= 15 is 0 Å². The average molecular weight is 399 g/mol. The van der Waals surface area contributed by atoms with E-state index in [1.807, 2.05) is 25.1 Å². The van der Waals surface area contributed by atoms with Crippen molar-refractivity contribution in [3.63, 3.8) is 0 Å². The molecule has 1 amide bonds. The standard InChI is InChI=1S/C22H20ClFN2O2/c1-14-10-15-12-16(13-25-21(15)20(24)11-14)22(27)26-8-6-19(7-9-26)28-18-4-2-17(23)3-5-18/h2-5,10-13,19H,6-9H2,1H3. The van der Waals surface area contributed by atoms with Crippen molar-refractivity contribution in [3.05, 3.63) is 70.6 Å². The van der Waals surface area contributed by atoms with E-state index < -0.39 is 0 Å². The van der Waals surface area contributed by atoms with Gasteiger partial charge < -0.3 is 9.64 Å². The molecule has 0 atom stereocenters. The third-order valence-electron chi connectivity index (χ3n) is 4.97. The summed E-state index contributed by atoms with van der Waals surface area (Å²) < 4.78 is 20.0. The van der Waals surface area contributed by atoms with E-state index in [1.54, 1.807) is 23.1 Å². The molecule has 4 nitrogen and oxygen atoms in total. The predicted octanol–water partition coefficient (Wildman–Crippen LogP) is 5.02. The maximum Gasteiger partial charge on any atom is 0.255 e. The number of likely N-dealkylation sites (tertiary alicyclic amines) is 1. The monoisotopic (exact) mass is 398 g/mol. The molecule has 1 fully saturated rings. The summed E-state index contributed by atoms with van der Waals surface area (Å²) in [5, 5.41) is 1.32. The lowest BCUT2D eigenvalue weighted by molar-refractivity contribution is 0.0595. The Labute approximate surface area is 167 Å². The number of pyridine rings is 1. The van der Waals surface area contributed by atoms with Gasteiger partial charge in [-0.1, -0.05) is 11.6 Å². The zero-order valence-corrected chi connectivity index (χ0v) is 16.2. The molecule has 1 saturated heterocycles. The third kappa shape index (κ3) is 3.94. The van der Waals surface area contributed by atoms with Crippen LogP contribution in [0.25, 0.3) is 10.9 Å². The normalized spacial score (nSPS) is 15.0. The van der Waals surface area contributed by atoms with Crippen LogP contribution in [0.1, 0.15) is 28.8 Å². The summed E-state index contributed by atoms with van der Waals surface area (Å²) in [4.78, 5) is 18.8. The van der Waals surface area contributed by atoms with Crippen molar-refractivity contribution < 1.29 is 13.9 Å². The molecule has 1 aliphatic rings. The molecule has 0 aliphatic carbocycles. The molecule has 2 heterocycles. The molecule has 0 bridgehead atoms.